The monoisotopic (exact) mass is 200 g/mol. The van der Waals surface area contributed by atoms with E-state index in [-0.39, 0.29) is 0 Å². The van der Waals surface area contributed by atoms with Gasteiger partial charge in [-0.25, -0.2) is 0 Å². The number of unbranched alkanes of at least 4 members (excludes halogenated alkanes) is 1. The van der Waals surface area contributed by atoms with Crippen molar-refractivity contribution in [1.29, 1.82) is 0 Å². The summed E-state index contributed by atoms with van der Waals surface area (Å²) in [7, 11) is 0. The quantitative estimate of drug-likeness (QED) is 0.558. The smallest absolute Gasteiger partial charge is 0.0431 e. The van der Waals surface area contributed by atoms with Crippen LogP contribution in [0.5, 0.6) is 0 Å². The predicted octanol–water partition coefficient (Wildman–Crippen LogP) is 4.00. The lowest BCUT2D eigenvalue weighted by atomic mass is 9.94. The molecule has 0 heterocycles. The average Bonchev–Trinajstić information content (AvgIpc) is 2.18. The highest BCUT2D eigenvalue weighted by Gasteiger charge is 2.03. The molecular formula is C13H28O. The topological polar surface area (TPSA) is 20.2 Å². The molecule has 0 aromatic carbocycles. The summed E-state index contributed by atoms with van der Waals surface area (Å²) >= 11 is 0. The van der Waals surface area contributed by atoms with Gasteiger partial charge in [-0.15, -0.1) is 0 Å². The van der Waals surface area contributed by atoms with Crippen molar-refractivity contribution in [3.8, 4) is 0 Å². The molecule has 0 aliphatic carbocycles. The van der Waals surface area contributed by atoms with Gasteiger partial charge < -0.3 is 5.11 Å². The summed E-state index contributed by atoms with van der Waals surface area (Å²) in [5.41, 5.74) is 0. The fourth-order valence-electron chi connectivity index (χ4n) is 1.77. The van der Waals surface area contributed by atoms with Crippen molar-refractivity contribution in [1.82, 2.24) is 0 Å². The van der Waals surface area contributed by atoms with E-state index in [1.54, 1.807) is 0 Å². The van der Waals surface area contributed by atoms with Crippen LogP contribution >= 0.6 is 0 Å². The molecule has 0 saturated heterocycles. The first-order valence-electron chi connectivity index (χ1n) is 6.31. The summed E-state index contributed by atoms with van der Waals surface area (Å²) in [4.78, 5) is 0. The number of aliphatic hydroxyl groups excluding tert-OH is 1. The summed E-state index contributed by atoms with van der Waals surface area (Å²) < 4.78 is 0. The molecule has 0 radical (unpaired) electrons. The second-order valence-electron chi connectivity index (χ2n) is 4.77. The molecule has 0 fully saturated rings. The summed E-state index contributed by atoms with van der Waals surface area (Å²) in [6.45, 7) is 7.32. The van der Waals surface area contributed by atoms with Crippen LogP contribution in [0.15, 0.2) is 0 Å². The van der Waals surface area contributed by atoms with Gasteiger partial charge in [0.05, 0.1) is 0 Å². The molecule has 0 saturated carbocycles. The molecule has 14 heavy (non-hydrogen) atoms. The molecule has 0 aliphatic rings. The third-order valence-electron chi connectivity index (χ3n) is 3.20. The second-order valence-corrected chi connectivity index (χ2v) is 4.77. The molecule has 1 nitrogen and oxygen atoms in total. The highest BCUT2D eigenvalue weighted by Crippen LogP contribution is 2.18. The Bertz CT molecular complexity index is 112. The first-order valence-corrected chi connectivity index (χ1v) is 6.31. The normalized spacial score (nSPS) is 15.4. The van der Waals surface area contributed by atoms with Crippen LogP contribution in [0, 0.1) is 11.8 Å². The maximum atomic E-state index is 8.66. The van der Waals surface area contributed by atoms with Crippen LogP contribution in [0.3, 0.4) is 0 Å². The van der Waals surface area contributed by atoms with Crippen molar-refractivity contribution >= 4 is 0 Å². The Kier molecular flexibility index (Phi) is 9.49. The minimum atomic E-state index is 0.361. The molecule has 1 N–H and O–H groups in total. The van der Waals surface area contributed by atoms with E-state index in [2.05, 4.69) is 20.8 Å². The summed E-state index contributed by atoms with van der Waals surface area (Å²) in [6, 6.07) is 0. The van der Waals surface area contributed by atoms with E-state index in [9.17, 15) is 0 Å². The zero-order valence-corrected chi connectivity index (χ0v) is 10.3. The highest BCUT2D eigenvalue weighted by molar-refractivity contribution is 4.57. The van der Waals surface area contributed by atoms with E-state index in [0.717, 1.165) is 18.3 Å². The van der Waals surface area contributed by atoms with Crippen molar-refractivity contribution in [3.05, 3.63) is 0 Å². The van der Waals surface area contributed by atoms with Gasteiger partial charge in [0.1, 0.15) is 0 Å². The minimum Gasteiger partial charge on any atom is -0.396 e. The fraction of sp³-hybridized carbons (Fsp3) is 1.00. The Morgan fingerprint density at radius 1 is 0.857 bits per heavy atom. The molecule has 0 rings (SSSR count). The number of aliphatic hydroxyl groups is 1. The van der Waals surface area contributed by atoms with Gasteiger partial charge in [-0.1, -0.05) is 59.3 Å². The molecule has 0 aromatic rings. The van der Waals surface area contributed by atoms with Crippen molar-refractivity contribution in [2.24, 2.45) is 11.8 Å². The van der Waals surface area contributed by atoms with Crippen LogP contribution in [0.1, 0.15) is 65.7 Å². The Hall–Kier alpha value is -0.0400. The van der Waals surface area contributed by atoms with Crippen LogP contribution in [0.2, 0.25) is 0 Å². The summed E-state index contributed by atoms with van der Waals surface area (Å²) in [5.74, 6) is 1.75. The predicted molar refractivity (Wildman–Crippen MR) is 63.4 cm³/mol. The molecule has 1 heteroatoms. The molecule has 0 aromatic heterocycles. The van der Waals surface area contributed by atoms with Crippen molar-refractivity contribution < 1.29 is 5.11 Å². The zero-order valence-electron chi connectivity index (χ0n) is 10.3. The molecule has 0 aliphatic heterocycles. The number of hydrogen-bond donors (Lipinski definition) is 1. The Morgan fingerprint density at radius 2 is 1.43 bits per heavy atom. The van der Waals surface area contributed by atoms with Gasteiger partial charge in [-0.05, 0) is 18.3 Å². The van der Waals surface area contributed by atoms with Crippen molar-refractivity contribution in [2.45, 2.75) is 65.7 Å². The lowest BCUT2D eigenvalue weighted by molar-refractivity contribution is 0.277. The standard InChI is InChI=1S/C13H28O/c1-4-12(2)9-7-10-13(3)8-5-6-11-14/h12-14H,4-11H2,1-3H3. The van der Waals surface area contributed by atoms with E-state index < -0.39 is 0 Å². The first kappa shape index (κ1) is 14.0. The fourth-order valence-corrected chi connectivity index (χ4v) is 1.77. The van der Waals surface area contributed by atoms with Gasteiger partial charge >= 0.3 is 0 Å². The molecule has 2 atom stereocenters. The molecule has 0 bridgehead atoms. The van der Waals surface area contributed by atoms with E-state index >= 15 is 0 Å². The lowest BCUT2D eigenvalue weighted by Crippen LogP contribution is -1.98. The molecular weight excluding hydrogens is 172 g/mol. The lowest BCUT2D eigenvalue weighted by Gasteiger charge is -2.12. The Labute approximate surface area is 89.9 Å². The molecule has 2 unspecified atom stereocenters. The summed E-state index contributed by atoms with van der Waals surface area (Å²) in [6.07, 6.45) is 8.93. The van der Waals surface area contributed by atoms with Gasteiger partial charge in [0.25, 0.3) is 0 Å². The third kappa shape index (κ3) is 8.55. The second kappa shape index (κ2) is 9.51. The maximum absolute atomic E-state index is 8.66. The van der Waals surface area contributed by atoms with Crippen LogP contribution in [0.25, 0.3) is 0 Å². The van der Waals surface area contributed by atoms with Gasteiger partial charge in [-0.3, -0.25) is 0 Å². The zero-order chi connectivity index (χ0) is 10.8. The van der Waals surface area contributed by atoms with Gasteiger partial charge in [0, 0.05) is 6.61 Å². The largest absolute Gasteiger partial charge is 0.396 e. The van der Waals surface area contributed by atoms with E-state index in [1.165, 1.54) is 38.5 Å². The van der Waals surface area contributed by atoms with E-state index in [4.69, 9.17) is 5.11 Å². The molecule has 0 spiro atoms. The number of rotatable bonds is 9. The Balaban J connectivity index is 3.21. The average molecular weight is 200 g/mol. The molecule has 86 valence electrons. The van der Waals surface area contributed by atoms with Gasteiger partial charge in [0.2, 0.25) is 0 Å². The summed E-state index contributed by atoms with van der Waals surface area (Å²) in [5, 5.41) is 8.66. The van der Waals surface area contributed by atoms with Gasteiger partial charge in [0.15, 0.2) is 0 Å². The maximum Gasteiger partial charge on any atom is 0.0431 e. The van der Waals surface area contributed by atoms with Crippen molar-refractivity contribution in [3.63, 3.8) is 0 Å². The van der Waals surface area contributed by atoms with Crippen LogP contribution in [-0.4, -0.2) is 11.7 Å². The highest BCUT2D eigenvalue weighted by atomic mass is 16.2. The van der Waals surface area contributed by atoms with E-state index in [0.29, 0.717) is 6.61 Å². The Morgan fingerprint density at radius 3 is 2.00 bits per heavy atom. The van der Waals surface area contributed by atoms with Crippen LogP contribution in [0.4, 0.5) is 0 Å². The van der Waals surface area contributed by atoms with Gasteiger partial charge in [-0.2, -0.15) is 0 Å². The third-order valence-corrected chi connectivity index (χ3v) is 3.20. The SMILES string of the molecule is CCC(C)CCCC(C)CCCCO. The molecule has 0 amide bonds. The number of hydrogen-bond acceptors (Lipinski definition) is 1. The van der Waals surface area contributed by atoms with Crippen molar-refractivity contribution in [2.75, 3.05) is 6.61 Å². The van der Waals surface area contributed by atoms with E-state index in [1.807, 2.05) is 0 Å². The minimum absolute atomic E-state index is 0.361. The van der Waals surface area contributed by atoms with Crippen LogP contribution in [-0.2, 0) is 0 Å². The van der Waals surface area contributed by atoms with Crippen LogP contribution < -0.4 is 0 Å². The first-order chi connectivity index (χ1) is 6.70.